The maximum absolute atomic E-state index is 15.8. The molecule has 2 aromatic heterocycles. The van der Waals surface area contributed by atoms with Gasteiger partial charge in [0.25, 0.3) is 0 Å². The largest absolute Gasteiger partial charge is 0.462 e. The van der Waals surface area contributed by atoms with Gasteiger partial charge < -0.3 is 28.5 Å². The number of benzene rings is 1. The van der Waals surface area contributed by atoms with Crippen molar-refractivity contribution in [3.63, 3.8) is 0 Å². The molecule has 0 radical (unpaired) electrons. The molecule has 0 bridgehead atoms. The smallest absolute Gasteiger partial charge is 0.323 e. The molecule has 1 aliphatic heterocycles. The van der Waals surface area contributed by atoms with Crippen LogP contribution >= 0.6 is 18.2 Å². The van der Waals surface area contributed by atoms with Gasteiger partial charge in [-0.1, -0.05) is 18.2 Å². The molecule has 1 aromatic carbocycles. The van der Waals surface area contributed by atoms with E-state index < -0.39 is 49.4 Å². The first-order valence-corrected chi connectivity index (χ1v) is 16.4. The number of aliphatic hydroxyl groups excluding tert-OH is 1. The van der Waals surface area contributed by atoms with E-state index in [0.717, 1.165) is 0 Å². The van der Waals surface area contributed by atoms with Crippen LogP contribution < -0.4 is 14.5 Å². The number of rotatable bonds is 12. The Morgan fingerprint density at radius 1 is 1.31 bits per heavy atom. The topological polar surface area (TPSA) is 133 Å². The fourth-order valence-electron chi connectivity index (χ4n) is 4.33. The van der Waals surface area contributed by atoms with Crippen LogP contribution in [0.5, 0.6) is 5.75 Å². The second-order valence-electron chi connectivity index (χ2n) is 10.4. The number of aromatic nitrogens is 4. The number of ether oxygens (including phenoxy) is 2. The number of carbonyl (C=O) groups excluding carboxylic acids is 1. The number of aryl methyl sites for hydroxylation is 1. The summed E-state index contributed by atoms with van der Waals surface area (Å²) in [5, 5.41) is 14.0. The number of carbonyl (C=O) groups is 1. The van der Waals surface area contributed by atoms with Gasteiger partial charge in [-0.3, -0.25) is 9.36 Å². The summed E-state index contributed by atoms with van der Waals surface area (Å²) in [4.78, 5) is 27.6. The van der Waals surface area contributed by atoms with E-state index in [1.54, 1.807) is 62.9 Å². The quantitative estimate of drug-likeness (QED) is 0.169. The Labute approximate surface area is 253 Å². The number of para-hydroxylation sites is 1. The van der Waals surface area contributed by atoms with Gasteiger partial charge in [0.05, 0.1) is 24.9 Å². The van der Waals surface area contributed by atoms with Gasteiger partial charge in [-0.15, -0.1) is 11.6 Å². The zero-order valence-electron chi connectivity index (χ0n) is 24.1. The van der Waals surface area contributed by atoms with E-state index in [4.69, 9.17) is 41.9 Å². The Bertz CT molecular complexity index is 1450. The predicted octanol–water partition coefficient (Wildman–Crippen LogP) is 3.66. The minimum Gasteiger partial charge on any atom is -0.462 e. The van der Waals surface area contributed by atoms with Gasteiger partial charge in [-0.2, -0.15) is 0 Å². The summed E-state index contributed by atoms with van der Waals surface area (Å²) < 4.78 is 40.7. The molecule has 0 amide bonds. The molecule has 12 nitrogen and oxygen atoms in total. The number of fused-ring (bicyclic) bond motifs is 1. The number of anilines is 1. The van der Waals surface area contributed by atoms with Crippen LogP contribution in [-0.4, -0.2) is 87.2 Å². The third-order valence-electron chi connectivity index (χ3n) is 6.41. The van der Waals surface area contributed by atoms with Crippen LogP contribution in [0.25, 0.3) is 11.2 Å². The number of esters is 1. The van der Waals surface area contributed by atoms with Gasteiger partial charge in [0, 0.05) is 14.1 Å². The van der Waals surface area contributed by atoms with Crippen molar-refractivity contribution < 1.29 is 32.8 Å². The first-order chi connectivity index (χ1) is 19.8. The van der Waals surface area contributed by atoms with Gasteiger partial charge in [-0.25, -0.2) is 24.4 Å². The molecule has 3 heterocycles. The van der Waals surface area contributed by atoms with Crippen LogP contribution in [0.1, 0.15) is 32.8 Å². The molecule has 4 rings (SSSR count). The second kappa shape index (κ2) is 13.0. The lowest BCUT2D eigenvalue weighted by molar-refractivity contribution is -0.149. The molecular formula is C26H35ClFN6O6PS. The third kappa shape index (κ3) is 6.85. The monoisotopic (exact) mass is 644 g/mol. The lowest BCUT2D eigenvalue weighted by atomic mass is 9.99. The third-order valence-corrected chi connectivity index (χ3v) is 9.34. The van der Waals surface area contributed by atoms with Crippen molar-refractivity contribution in [3.05, 3.63) is 42.5 Å². The number of halogens is 2. The summed E-state index contributed by atoms with van der Waals surface area (Å²) in [5.41, 5.74) is -0.968. The number of nitrogens with one attached hydrogen (secondary N) is 1. The first kappa shape index (κ1) is 32.5. The van der Waals surface area contributed by atoms with Crippen LogP contribution in [0, 0.1) is 6.92 Å². The van der Waals surface area contributed by atoms with Crippen molar-refractivity contribution in [1.29, 1.82) is 0 Å². The maximum atomic E-state index is 15.8. The van der Waals surface area contributed by atoms with Crippen LogP contribution in [-0.2, 0) is 30.6 Å². The number of alkyl halides is 2. The highest BCUT2D eigenvalue weighted by atomic mass is 35.5. The molecule has 1 aliphatic rings. The van der Waals surface area contributed by atoms with E-state index in [9.17, 15) is 9.90 Å². The van der Waals surface area contributed by atoms with Crippen molar-refractivity contribution in [3.8, 4) is 5.75 Å². The number of hydrogen-bond donors (Lipinski definition) is 2. The van der Waals surface area contributed by atoms with E-state index in [0.29, 0.717) is 28.6 Å². The SMILES string of the molecule is Cc1nc(N(C)C)c2ncn([C@@H]3O[C@](CCl)(CO[P@](=S)(N[C@@H](C)C(=O)OC(C)C)Oc4ccccc4)[C@@H](O)[C@@H]3F)c2n1. The van der Waals surface area contributed by atoms with E-state index in [1.165, 1.54) is 10.9 Å². The van der Waals surface area contributed by atoms with Crippen molar-refractivity contribution in [2.45, 2.75) is 63.9 Å². The highest BCUT2D eigenvalue weighted by molar-refractivity contribution is 8.09. The Kier molecular flexibility index (Phi) is 10.1. The molecule has 6 atom stereocenters. The van der Waals surface area contributed by atoms with Crippen LogP contribution in [0.15, 0.2) is 36.7 Å². The number of aliphatic hydroxyl groups is 1. The average Bonchev–Trinajstić information content (AvgIpc) is 3.45. The van der Waals surface area contributed by atoms with E-state index >= 15 is 4.39 Å². The van der Waals surface area contributed by atoms with Gasteiger partial charge >= 0.3 is 12.6 Å². The molecule has 1 saturated heterocycles. The average molecular weight is 645 g/mol. The lowest BCUT2D eigenvalue weighted by Crippen LogP contribution is -2.48. The van der Waals surface area contributed by atoms with Gasteiger partial charge in [-0.05, 0) is 51.6 Å². The number of nitrogens with zero attached hydrogens (tertiary/aromatic N) is 5. The Balaban J connectivity index is 1.62. The zero-order valence-corrected chi connectivity index (χ0v) is 26.6. The van der Waals surface area contributed by atoms with Gasteiger partial charge in [0.15, 0.2) is 29.4 Å². The predicted molar refractivity (Wildman–Crippen MR) is 160 cm³/mol. The molecule has 0 saturated carbocycles. The molecule has 1 fully saturated rings. The fourth-order valence-corrected chi connectivity index (χ4v) is 7.07. The molecule has 0 spiro atoms. The molecule has 16 heteroatoms. The Morgan fingerprint density at radius 2 is 2.00 bits per heavy atom. The summed E-state index contributed by atoms with van der Waals surface area (Å²) in [7, 11) is 3.62. The summed E-state index contributed by atoms with van der Waals surface area (Å²) in [6, 6.07) is 7.73. The van der Waals surface area contributed by atoms with Crippen molar-refractivity contribution in [1.82, 2.24) is 24.6 Å². The second-order valence-corrected chi connectivity index (χ2v) is 13.8. The van der Waals surface area contributed by atoms with Crippen LogP contribution in [0.4, 0.5) is 10.2 Å². The van der Waals surface area contributed by atoms with Crippen LogP contribution in [0.3, 0.4) is 0 Å². The highest BCUT2D eigenvalue weighted by Gasteiger charge is 2.57. The first-order valence-electron chi connectivity index (χ1n) is 13.2. The minimum atomic E-state index is -3.53. The maximum Gasteiger partial charge on any atom is 0.323 e. The molecule has 0 aliphatic carbocycles. The van der Waals surface area contributed by atoms with Crippen molar-refractivity contribution >= 4 is 53.0 Å². The normalized spacial score (nSPS) is 24.5. The molecule has 3 aromatic rings. The number of imidazole rings is 1. The lowest BCUT2D eigenvalue weighted by Gasteiger charge is -2.33. The molecule has 2 N–H and O–H groups in total. The molecule has 42 heavy (non-hydrogen) atoms. The van der Waals surface area contributed by atoms with E-state index in [2.05, 4.69) is 20.0 Å². The van der Waals surface area contributed by atoms with Gasteiger partial charge in [0.1, 0.15) is 29.3 Å². The van der Waals surface area contributed by atoms with Gasteiger partial charge in [0.2, 0.25) is 0 Å². The standard InChI is InChI=1S/C26H35ClFN6O6PS/c1-15(2)38-25(36)16(3)32-41(42,40-18-10-8-7-9-11-18)37-13-26(12-27)21(35)19(28)24(39-26)34-14-29-20-22(33(5)6)30-17(4)31-23(20)34/h7-11,14-16,19,21,24,35H,12-13H2,1-6H3,(H,32,42)/t16-,19-,21-,24+,26+,41+/m0/s1. The highest BCUT2D eigenvalue weighted by Crippen LogP contribution is 2.49. The van der Waals surface area contributed by atoms with Crippen LogP contribution in [0.2, 0.25) is 0 Å². The summed E-state index contributed by atoms with van der Waals surface area (Å²) >= 11 is 12.1. The zero-order chi connectivity index (χ0) is 30.8. The Hall–Kier alpha value is -2.45. The number of hydrogen-bond acceptors (Lipinski definition) is 11. The summed E-state index contributed by atoms with van der Waals surface area (Å²) in [5.74, 6) is 0.466. The molecular weight excluding hydrogens is 610 g/mol. The van der Waals surface area contributed by atoms with Crippen molar-refractivity contribution in [2.75, 3.05) is 31.5 Å². The van der Waals surface area contributed by atoms with E-state index in [-0.39, 0.29) is 12.0 Å². The Morgan fingerprint density at radius 3 is 2.62 bits per heavy atom. The minimum absolute atomic E-state index is 0.328. The van der Waals surface area contributed by atoms with E-state index in [1.807, 2.05) is 14.1 Å². The summed E-state index contributed by atoms with van der Waals surface area (Å²) in [6.07, 6.45) is -3.94. The molecule has 230 valence electrons. The fraction of sp³-hybridized carbons (Fsp3) is 0.538. The van der Waals surface area contributed by atoms with Crippen molar-refractivity contribution in [2.24, 2.45) is 0 Å². The summed E-state index contributed by atoms with van der Waals surface area (Å²) in [6.45, 7) is 2.74. The molecule has 0 unspecified atom stereocenters.